The second kappa shape index (κ2) is 7.48. The van der Waals surface area contributed by atoms with Crippen LogP contribution < -0.4 is 15.8 Å². The van der Waals surface area contributed by atoms with Crippen molar-refractivity contribution in [2.45, 2.75) is 26.7 Å². The third-order valence-electron chi connectivity index (χ3n) is 4.63. The van der Waals surface area contributed by atoms with Crippen LogP contribution in [0.4, 0.5) is 11.1 Å². The van der Waals surface area contributed by atoms with E-state index in [0.29, 0.717) is 12.5 Å². The van der Waals surface area contributed by atoms with Crippen LogP contribution in [-0.4, -0.2) is 33.9 Å². The van der Waals surface area contributed by atoms with Crippen LogP contribution in [0.25, 0.3) is 10.2 Å². The van der Waals surface area contributed by atoms with Gasteiger partial charge in [0.25, 0.3) is 0 Å². The van der Waals surface area contributed by atoms with Gasteiger partial charge in [-0.05, 0) is 44.9 Å². The molecule has 27 heavy (non-hydrogen) atoms. The lowest BCUT2D eigenvalue weighted by Gasteiger charge is -2.31. The molecule has 8 heteroatoms. The number of aryl methyl sites for hydroxylation is 2. The Morgan fingerprint density at radius 1 is 1.19 bits per heavy atom. The van der Waals surface area contributed by atoms with Gasteiger partial charge < -0.3 is 4.90 Å². The van der Waals surface area contributed by atoms with Crippen molar-refractivity contribution in [3.63, 3.8) is 0 Å². The molecule has 0 bridgehead atoms. The number of hydrogen-bond donors (Lipinski definition) is 2. The minimum Gasteiger partial charge on any atom is -0.347 e. The van der Waals surface area contributed by atoms with E-state index in [0.717, 1.165) is 41.4 Å². The van der Waals surface area contributed by atoms with E-state index in [1.807, 2.05) is 38.1 Å². The number of nitrogens with one attached hydrogen (secondary N) is 2. The fraction of sp³-hybridized carbons (Fsp3) is 0.368. The maximum atomic E-state index is 12.6. The van der Waals surface area contributed by atoms with Crippen molar-refractivity contribution < 1.29 is 4.79 Å². The topological polar surface area (TPSA) is 83.0 Å². The van der Waals surface area contributed by atoms with E-state index in [1.54, 1.807) is 11.3 Å². The third-order valence-corrected chi connectivity index (χ3v) is 5.72. The molecule has 1 aromatic carbocycles. The van der Waals surface area contributed by atoms with Crippen LogP contribution in [0.1, 0.15) is 24.2 Å². The summed E-state index contributed by atoms with van der Waals surface area (Å²) >= 11 is 1.68. The van der Waals surface area contributed by atoms with Crippen LogP contribution in [0.3, 0.4) is 0 Å². The van der Waals surface area contributed by atoms with Gasteiger partial charge in [0.15, 0.2) is 5.13 Å². The van der Waals surface area contributed by atoms with Gasteiger partial charge in [-0.25, -0.2) is 15.0 Å². The van der Waals surface area contributed by atoms with E-state index in [9.17, 15) is 4.79 Å². The smallest absolute Gasteiger partial charge is 0.243 e. The Morgan fingerprint density at radius 3 is 2.74 bits per heavy atom. The monoisotopic (exact) mass is 382 g/mol. The van der Waals surface area contributed by atoms with Crippen molar-refractivity contribution >= 4 is 38.5 Å². The lowest BCUT2D eigenvalue weighted by Crippen LogP contribution is -2.44. The van der Waals surface area contributed by atoms with Crippen molar-refractivity contribution in [3.8, 4) is 0 Å². The number of hydrazine groups is 1. The summed E-state index contributed by atoms with van der Waals surface area (Å²) in [4.78, 5) is 28.1. The summed E-state index contributed by atoms with van der Waals surface area (Å²) in [5, 5.41) is 0.985. The molecular weight excluding hydrogens is 360 g/mol. The lowest BCUT2D eigenvalue weighted by atomic mass is 9.98. The zero-order chi connectivity index (χ0) is 18.8. The van der Waals surface area contributed by atoms with Gasteiger partial charge in [0.1, 0.15) is 0 Å². The molecule has 1 aliphatic rings. The van der Waals surface area contributed by atoms with Crippen molar-refractivity contribution in [3.05, 3.63) is 41.7 Å². The zero-order valence-corrected chi connectivity index (χ0v) is 16.2. The fourth-order valence-corrected chi connectivity index (χ4v) is 4.36. The Hall–Kier alpha value is -2.74. The van der Waals surface area contributed by atoms with Gasteiger partial charge in [0, 0.05) is 24.5 Å². The first kappa shape index (κ1) is 17.7. The highest BCUT2D eigenvalue weighted by atomic mass is 32.1. The summed E-state index contributed by atoms with van der Waals surface area (Å²) in [5.74, 6) is 0.285. The molecule has 4 rings (SSSR count). The largest absolute Gasteiger partial charge is 0.347 e. The van der Waals surface area contributed by atoms with Crippen LogP contribution in [0, 0.1) is 19.8 Å². The predicted molar refractivity (Wildman–Crippen MR) is 108 cm³/mol. The van der Waals surface area contributed by atoms with Gasteiger partial charge in [-0.2, -0.15) is 0 Å². The number of aromatic nitrogens is 3. The van der Waals surface area contributed by atoms with Crippen molar-refractivity contribution in [1.29, 1.82) is 0 Å². The number of amides is 1. The summed E-state index contributed by atoms with van der Waals surface area (Å²) in [5.41, 5.74) is 8.34. The highest BCUT2D eigenvalue weighted by Gasteiger charge is 2.27. The van der Waals surface area contributed by atoms with Crippen LogP contribution >= 0.6 is 11.3 Å². The number of benzene rings is 1. The van der Waals surface area contributed by atoms with Crippen molar-refractivity contribution in [2.24, 2.45) is 5.92 Å². The van der Waals surface area contributed by atoms with Gasteiger partial charge in [0.05, 0.1) is 16.1 Å². The maximum Gasteiger partial charge on any atom is 0.243 e. The van der Waals surface area contributed by atoms with E-state index in [4.69, 9.17) is 4.98 Å². The minimum absolute atomic E-state index is 0.0384. The molecule has 1 aliphatic heterocycles. The molecule has 1 atom stereocenters. The van der Waals surface area contributed by atoms with Crippen molar-refractivity contribution in [2.75, 3.05) is 23.4 Å². The van der Waals surface area contributed by atoms with Crippen molar-refractivity contribution in [1.82, 2.24) is 20.4 Å². The first-order chi connectivity index (χ1) is 13.1. The quantitative estimate of drug-likeness (QED) is 0.675. The fourth-order valence-electron chi connectivity index (χ4n) is 3.36. The molecule has 0 unspecified atom stereocenters. The molecule has 2 aromatic heterocycles. The molecule has 2 N–H and O–H groups in total. The minimum atomic E-state index is -0.0934. The SMILES string of the molecule is Cc1cc(C)nc(NNC(=O)[C@@H]2CCCN(c3nc4ccccc4s3)C2)n1. The molecule has 0 radical (unpaired) electrons. The number of nitrogens with zero attached hydrogens (tertiary/aromatic N) is 4. The molecule has 3 heterocycles. The first-order valence-corrected chi connectivity index (χ1v) is 9.89. The molecule has 140 valence electrons. The average molecular weight is 382 g/mol. The van der Waals surface area contributed by atoms with E-state index in [2.05, 4.69) is 31.8 Å². The number of fused-ring (bicyclic) bond motifs is 1. The normalized spacial score (nSPS) is 17.1. The molecule has 0 aliphatic carbocycles. The Kier molecular flexibility index (Phi) is 4.89. The number of piperidine rings is 1. The van der Waals surface area contributed by atoms with Gasteiger partial charge >= 0.3 is 0 Å². The summed E-state index contributed by atoms with van der Waals surface area (Å²) in [7, 11) is 0. The van der Waals surface area contributed by atoms with Crippen LogP contribution in [0.15, 0.2) is 30.3 Å². The zero-order valence-electron chi connectivity index (χ0n) is 15.4. The highest BCUT2D eigenvalue weighted by molar-refractivity contribution is 7.22. The Labute approximate surface area is 161 Å². The summed E-state index contributed by atoms with van der Waals surface area (Å²) in [6.07, 6.45) is 1.83. The number of hydrogen-bond acceptors (Lipinski definition) is 7. The molecule has 7 nitrogen and oxygen atoms in total. The Balaban J connectivity index is 1.40. The molecular formula is C19H22N6OS. The number of carbonyl (C=O) groups is 1. The maximum absolute atomic E-state index is 12.6. The lowest BCUT2D eigenvalue weighted by molar-refractivity contribution is -0.124. The van der Waals surface area contributed by atoms with Gasteiger partial charge in [-0.15, -0.1) is 0 Å². The first-order valence-electron chi connectivity index (χ1n) is 9.07. The van der Waals surface area contributed by atoms with Gasteiger partial charge in [-0.1, -0.05) is 23.5 Å². The van der Waals surface area contributed by atoms with E-state index in [-0.39, 0.29) is 11.8 Å². The van der Waals surface area contributed by atoms with Gasteiger partial charge in [-0.3, -0.25) is 15.6 Å². The summed E-state index contributed by atoms with van der Waals surface area (Å²) < 4.78 is 1.17. The number of rotatable bonds is 4. The molecule has 0 spiro atoms. The molecule has 0 saturated carbocycles. The van der Waals surface area contributed by atoms with E-state index in [1.165, 1.54) is 4.70 Å². The molecule has 1 saturated heterocycles. The molecule has 3 aromatic rings. The summed E-state index contributed by atoms with van der Waals surface area (Å²) in [6.45, 7) is 5.40. The standard InChI is InChI=1S/C19H22N6OS/c1-12-10-13(2)21-18(20-12)24-23-17(26)14-6-5-9-25(11-14)19-22-15-7-3-4-8-16(15)27-19/h3-4,7-8,10,14H,5-6,9,11H2,1-2H3,(H,23,26)(H,20,21,24)/t14-/m1/s1. The number of para-hydroxylation sites is 1. The van der Waals surface area contributed by atoms with Crippen LogP contribution in [0.2, 0.25) is 0 Å². The third kappa shape index (κ3) is 4.00. The van der Waals surface area contributed by atoms with Crippen LogP contribution in [-0.2, 0) is 4.79 Å². The number of anilines is 2. The summed E-state index contributed by atoms with van der Waals surface area (Å²) in [6, 6.07) is 10.0. The Bertz CT molecular complexity index is 918. The highest BCUT2D eigenvalue weighted by Crippen LogP contribution is 2.31. The molecule has 1 fully saturated rings. The van der Waals surface area contributed by atoms with E-state index < -0.39 is 0 Å². The number of thiazole rings is 1. The predicted octanol–water partition coefficient (Wildman–Crippen LogP) is 3.06. The second-order valence-electron chi connectivity index (χ2n) is 6.84. The van der Waals surface area contributed by atoms with E-state index >= 15 is 0 Å². The van der Waals surface area contributed by atoms with Gasteiger partial charge in [0.2, 0.25) is 11.9 Å². The Morgan fingerprint density at radius 2 is 1.96 bits per heavy atom. The molecule has 1 amide bonds. The second-order valence-corrected chi connectivity index (χ2v) is 7.85. The number of carbonyl (C=O) groups excluding carboxylic acids is 1. The average Bonchev–Trinajstić information content (AvgIpc) is 3.10. The van der Waals surface area contributed by atoms with Crippen LogP contribution in [0.5, 0.6) is 0 Å².